The van der Waals surface area contributed by atoms with Gasteiger partial charge in [-0.25, -0.2) is 23.5 Å². The molecule has 1 N–H and O–H groups in total. The Labute approximate surface area is 116 Å². The number of carboxylic acid groups (broad SMARTS) is 1. The number of fused-ring (bicyclic) bond motifs is 1. The Morgan fingerprint density at radius 3 is 2.48 bits per heavy atom. The molecule has 2 heterocycles. The van der Waals surface area contributed by atoms with Crippen molar-refractivity contribution in [1.82, 2.24) is 19.7 Å². The van der Waals surface area contributed by atoms with Crippen molar-refractivity contribution in [1.29, 1.82) is 0 Å². The fraction of sp³-hybridized carbons (Fsp3) is 0.0769. The predicted octanol–water partition coefficient (Wildman–Crippen LogP) is 2.45. The van der Waals surface area contributed by atoms with Gasteiger partial charge in [-0.05, 0) is 6.07 Å². The Bertz CT molecular complexity index is 815. The normalized spacial score (nSPS) is 11.2. The summed E-state index contributed by atoms with van der Waals surface area (Å²) in [5, 5.41) is 12.9. The van der Waals surface area contributed by atoms with E-state index in [9.17, 15) is 13.6 Å². The summed E-state index contributed by atoms with van der Waals surface area (Å²) in [7, 11) is 0. The third-order valence-electron chi connectivity index (χ3n) is 2.90. The van der Waals surface area contributed by atoms with Crippen LogP contribution in [0, 0.1) is 0 Å². The highest BCUT2D eigenvalue weighted by molar-refractivity contribution is 5.87. The van der Waals surface area contributed by atoms with Gasteiger partial charge < -0.3 is 5.11 Å². The van der Waals surface area contributed by atoms with Crippen LogP contribution in [0.15, 0.2) is 36.7 Å². The first-order valence-corrected chi connectivity index (χ1v) is 5.89. The quantitative estimate of drug-likeness (QED) is 0.801. The molecule has 0 aliphatic carbocycles. The molecule has 3 aromatic rings. The van der Waals surface area contributed by atoms with Crippen LogP contribution in [0.25, 0.3) is 16.9 Å². The molecule has 21 heavy (non-hydrogen) atoms. The zero-order valence-electron chi connectivity index (χ0n) is 10.4. The Balaban J connectivity index is 2.18. The first kappa shape index (κ1) is 13.1. The zero-order valence-corrected chi connectivity index (χ0v) is 10.4. The smallest absolute Gasteiger partial charge is 0.338 e. The van der Waals surface area contributed by atoms with Gasteiger partial charge in [-0.15, -0.1) is 0 Å². The molecule has 0 radical (unpaired) electrons. The van der Waals surface area contributed by atoms with Crippen LogP contribution in [-0.2, 0) is 0 Å². The zero-order chi connectivity index (χ0) is 15.0. The van der Waals surface area contributed by atoms with E-state index < -0.39 is 12.4 Å². The molecule has 0 amide bonds. The lowest BCUT2D eigenvalue weighted by Crippen LogP contribution is -2.06. The van der Waals surface area contributed by atoms with Crippen LogP contribution in [0.4, 0.5) is 8.78 Å². The Hall–Kier alpha value is -2.90. The van der Waals surface area contributed by atoms with E-state index >= 15 is 0 Å². The maximum Gasteiger partial charge on any atom is 0.338 e. The molecule has 106 valence electrons. The number of aromatic nitrogens is 4. The Morgan fingerprint density at radius 2 is 1.86 bits per heavy atom. The van der Waals surface area contributed by atoms with E-state index in [4.69, 9.17) is 5.11 Å². The molecule has 0 saturated heterocycles. The molecule has 0 aliphatic heterocycles. The summed E-state index contributed by atoms with van der Waals surface area (Å²) >= 11 is 0. The number of nitrogens with zero attached hydrogens (tertiary/aromatic N) is 4. The number of aromatic carboxylic acids is 1. The van der Waals surface area contributed by atoms with Crippen molar-refractivity contribution in [2.75, 3.05) is 0 Å². The van der Waals surface area contributed by atoms with Gasteiger partial charge >= 0.3 is 5.97 Å². The lowest BCUT2D eigenvalue weighted by atomic mass is 10.2. The van der Waals surface area contributed by atoms with Gasteiger partial charge in [0.25, 0.3) is 12.4 Å². The number of halogens is 2. The number of benzene rings is 1. The van der Waals surface area contributed by atoms with Crippen molar-refractivity contribution in [2.45, 2.75) is 6.43 Å². The molecule has 0 fully saturated rings. The average Bonchev–Trinajstić information content (AvgIpc) is 2.87. The van der Waals surface area contributed by atoms with Crippen molar-refractivity contribution < 1.29 is 18.7 Å². The van der Waals surface area contributed by atoms with Gasteiger partial charge in [0, 0.05) is 17.8 Å². The molecule has 8 heteroatoms. The van der Waals surface area contributed by atoms with Crippen LogP contribution in [0.5, 0.6) is 0 Å². The van der Waals surface area contributed by atoms with Crippen molar-refractivity contribution in [3.63, 3.8) is 0 Å². The highest BCUT2D eigenvalue weighted by atomic mass is 19.3. The third kappa shape index (κ3) is 2.20. The monoisotopic (exact) mass is 290 g/mol. The van der Waals surface area contributed by atoms with E-state index in [0.29, 0.717) is 10.9 Å². The highest BCUT2D eigenvalue weighted by Gasteiger charge is 2.19. The maximum absolute atomic E-state index is 13.0. The van der Waals surface area contributed by atoms with E-state index in [-0.39, 0.29) is 17.2 Å². The van der Waals surface area contributed by atoms with Gasteiger partial charge in [-0.3, -0.25) is 0 Å². The molecular weight excluding hydrogens is 282 g/mol. The van der Waals surface area contributed by atoms with Crippen LogP contribution in [0.1, 0.15) is 22.5 Å². The Morgan fingerprint density at radius 1 is 1.19 bits per heavy atom. The van der Waals surface area contributed by atoms with E-state index in [2.05, 4.69) is 15.1 Å². The number of rotatable bonds is 3. The minimum atomic E-state index is -2.73. The lowest BCUT2D eigenvalue weighted by molar-refractivity contribution is 0.0696. The van der Waals surface area contributed by atoms with Gasteiger partial charge in [-0.1, -0.05) is 18.2 Å². The molecule has 0 saturated carbocycles. The average molecular weight is 290 g/mol. The summed E-state index contributed by atoms with van der Waals surface area (Å²) in [6.07, 6.45) is -0.527. The summed E-state index contributed by atoms with van der Waals surface area (Å²) in [6, 6.07) is 6.46. The largest absolute Gasteiger partial charge is 0.478 e. The van der Waals surface area contributed by atoms with Gasteiger partial charge in [-0.2, -0.15) is 9.78 Å². The molecule has 0 atom stereocenters. The first-order valence-electron chi connectivity index (χ1n) is 5.89. The fourth-order valence-electron chi connectivity index (χ4n) is 1.95. The van der Waals surface area contributed by atoms with Crippen molar-refractivity contribution in [3.8, 4) is 5.95 Å². The standard InChI is InChI=1S/C13H8F2N4O2/c14-11(15)10-8-3-1-2-4-9(8)19(18-10)13-16-5-7(6-17-13)12(20)21/h1-6,11H,(H,20,21). The van der Waals surface area contributed by atoms with Crippen molar-refractivity contribution in [2.24, 2.45) is 0 Å². The molecular formula is C13H8F2N4O2. The van der Waals surface area contributed by atoms with Crippen LogP contribution >= 0.6 is 0 Å². The summed E-state index contributed by atoms with van der Waals surface area (Å²) in [5.74, 6) is -1.14. The molecule has 3 rings (SSSR count). The minimum absolute atomic E-state index is 0.0306. The molecule has 0 bridgehead atoms. The number of carbonyl (C=O) groups is 1. The molecule has 0 unspecified atom stereocenters. The number of hydrogen-bond donors (Lipinski definition) is 1. The second-order valence-electron chi connectivity index (χ2n) is 4.19. The fourth-order valence-corrected chi connectivity index (χ4v) is 1.95. The summed E-state index contributed by atoms with van der Waals surface area (Å²) in [6.45, 7) is 0. The van der Waals surface area contributed by atoms with Crippen molar-refractivity contribution >= 4 is 16.9 Å². The summed E-state index contributed by atoms with van der Waals surface area (Å²) < 4.78 is 27.2. The van der Waals surface area contributed by atoms with Gasteiger partial charge in [0.1, 0.15) is 5.69 Å². The SMILES string of the molecule is O=C(O)c1cnc(-n2nc(C(F)F)c3ccccc32)nc1. The summed E-state index contributed by atoms with van der Waals surface area (Å²) in [4.78, 5) is 18.5. The molecule has 2 aromatic heterocycles. The van der Waals surface area contributed by atoms with Crippen LogP contribution in [0.3, 0.4) is 0 Å². The number of para-hydroxylation sites is 1. The maximum atomic E-state index is 13.0. The van der Waals surface area contributed by atoms with Gasteiger partial charge in [0.05, 0.1) is 11.1 Å². The van der Waals surface area contributed by atoms with E-state index in [1.165, 1.54) is 10.7 Å². The summed E-state index contributed by atoms with van der Waals surface area (Å²) in [5.41, 5.74) is -0.0309. The topological polar surface area (TPSA) is 80.9 Å². The van der Waals surface area contributed by atoms with Crippen LogP contribution < -0.4 is 0 Å². The first-order chi connectivity index (χ1) is 10.1. The number of carboxylic acids is 1. The molecule has 0 spiro atoms. The Kier molecular flexibility index (Phi) is 3.05. The molecule has 6 nitrogen and oxygen atoms in total. The number of hydrogen-bond acceptors (Lipinski definition) is 4. The second kappa shape index (κ2) is 4.89. The van der Waals surface area contributed by atoms with E-state index in [1.807, 2.05) is 0 Å². The second-order valence-corrected chi connectivity index (χ2v) is 4.19. The number of alkyl halides is 2. The van der Waals surface area contributed by atoms with Crippen LogP contribution in [0.2, 0.25) is 0 Å². The highest BCUT2D eigenvalue weighted by Crippen LogP contribution is 2.27. The van der Waals surface area contributed by atoms with Gasteiger partial charge in [0.2, 0.25) is 0 Å². The third-order valence-corrected chi connectivity index (χ3v) is 2.90. The molecule has 0 aliphatic rings. The molecule has 1 aromatic carbocycles. The van der Waals surface area contributed by atoms with E-state index in [1.54, 1.807) is 18.2 Å². The predicted molar refractivity (Wildman–Crippen MR) is 68.6 cm³/mol. The minimum Gasteiger partial charge on any atom is -0.478 e. The van der Waals surface area contributed by atoms with Crippen molar-refractivity contribution in [3.05, 3.63) is 47.9 Å². The van der Waals surface area contributed by atoms with Gasteiger partial charge in [0.15, 0.2) is 0 Å². The lowest BCUT2D eigenvalue weighted by Gasteiger charge is -2.01. The van der Waals surface area contributed by atoms with Crippen LogP contribution in [-0.4, -0.2) is 30.8 Å². The van der Waals surface area contributed by atoms with E-state index in [0.717, 1.165) is 12.4 Å².